The van der Waals surface area contributed by atoms with Gasteiger partial charge in [0.05, 0.1) is 44.3 Å². The van der Waals surface area contributed by atoms with Crippen LogP contribution in [0.15, 0.2) is 41.6 Å². The van der Waals surface area contributed by atoms with Crippen LogP contribution in [0.5, 0.6) is 11.5 Å². The van der Waals surface area contributed by atoms with Crippen molar-refractivity contribution in [2.75, 3.05) is 19.0 Å². The number of nitrogens with zero attached hydrogens (tertiary/aromatic N) is 3. The first kappa shape index (κ1) is 23.1. The highest BCUT2D eigenvalue weighted by Crippen LogP contribution is 2.27. The zero-order chi connectivity index (χ0) is 23.3. The third-order valence-electron chi connectivity index (χ3n) is 4.54. The Morgan fingerprint density at radius 1 is 1.22 bits per heavy atom. The van der Waals surface area contributed by atoms with Crippen molar-refractivity contribution in [3.05, 3.63) is 69.9 Å². The van der Waals surface area contributed by atoms with E-state index in [0.717, 1.165) is 0 Å². The molecule has 2 aromatic heterocycles. The van der Waals surface area contributed by atoms with Gasteiger partial charge in [-0.15, -0.1) is 0 Å². The molecule has 11 heteroatoms. The first-order chi connectivity index (χ1) is 15.3. The molecule has 2 heterocycles. The predicted octanol–water partition coefficient (Wildman–Crippen LogP) is 1.91. The lowest BCUT2D eigenvalue weighted by Gasteiger charge is -2.13. The van der Waals surface area contributed by atoms with Crippen LogP contribution in [0.2, 0.25) is 0 Å². The molecule has 0 saturated carbocycles. The van der Waals surface area contributed by atoms with E-state index in [1.165, 1.54) is 49.3 Å². The number of anilines is 2. The smallest absolute Gasteiger partial charge is 0.252 e. The van der Waals surface area contributed by atoms with Gasteiger partial charge in [-0.3, -0.25) is 4.79 Å². The number of aliphatic hydroxyl groups is 2. The zero-order valence-electron chi connectivity index (χ0n) is 17.4. The monoisotopic (exact) mass is 448 g/mol. The molecule has 0 aliphatic carbocycles. The van der Waals surface area contributed by atoms with E-state index in [0.29, 0.717) is 5.69 Å². The van der Waals surface area contributed by atoms with Crippen LogP contribution in [0.3, 0.4) is 0 Å². The fourth-order valence-electron chi connectivity index (χ4n) is 2.84. The number of ether oxygens (including phenoxy) is 2. The Balaban J connectivity index is 1.66. The standard InChI is InChI=1S/C21H22F2N4O5/c1-12-5-17(31-2)20(23)16(19(12)22)11-32-15-7-24-21(25-8-15)26-13-3-4-27(18(30)6-13)9-14(29)10-28/h3-8,14,28-29H,9-11H2,1-2H3,(H,24,25,26)/t14-/m0/s1. The summed E-state index contributed by atoms with van der Waals surface area (Å²) >= 11 is 0. The quantitative estimate of drug-likeness (QED) is 0.454. The Kier molecular flexibility index (Phi) is 7.33. The van der Waals surface area contributed by atoms with Gasteiger partial charge in [-0.1, -0.05) is 0 Å². The molecule has 0 unspecified atom stereocenters. The molecule has 3 aromatic rings. The first-order valence-corrected chi connectivity index (χ1v) is 9.55. The van der Waals surface area contributed by atoms with Crippen LogP contribution in [0.25, 0.3) is 0 Å². The van der Waals surface area contributed by atoms with Crippen LogP contribution in [0.4, 0.5) is 20.4 Å². The number of rotatable bonds is 9. The van der Waals surface area contributed by atoms with E-state index >= 15 is 0 Å². The number of aliphatic hydroxyl groups excluding tert-OH is 2. The molecule has 0 aliphatic heterocycles. The van der Waals surface area contributed by atoms with Gasteiger partial charge in [-0.05, 0) is 24.6 Å². The van der Waals surface area contributed by atoms with E-state index in [9.17, 15) is 18.7 Å². The summed E-state index contributed by atoms with van der Waals surface area (Å²) in [5.74, 6) is -1.28. The second kappa shape index (κ2) is 10.2. The lowest BCUT2D eigenvalue weighted by Crippen LogP contribution is -2.27. The Labute approximate surface area is 181 Å². The van der Waals surface area contributed by atoms with Crippen molar-refractivity contribution in [3.63, 3.8) is 0 Å². The summed E-state index contributed by atoms with van der Waals surface area (Å²) < 4.78 is 40.2. The van der Waals surface area contributed by atoms with Crippen molar-refractivity contribution in [3.8, 4) is 11.5 Å². The zero-order valence-corrected chi connectivity index (χ0v) is 17.4. The van der Waals surface area contributed by atoms with Crippen molar-refractivity contribution in [2.45, 2.75) is 26.2 Å². The summed E-state index contributed by atoms with van der Waals surface area (Å²) in [4.78, 5) is 20.2. The molecule has 0 radical (unpaired) electrons. The maximum Gasteiger partial charge on any atom is 0.252 e. The number of hydrogen-bond donors (Lipinski definition) is 3. The largest absolute Gasteiger partial charge is 0.494 e. The molecule has 0 aliphatic rings. The predicted molar refractivity (Wildman–Crippen MR) is 111 cm³/mol. The normalized spacial score (nSPS) is 11.8. The Morgan fingerprint density at radius 3 is 2.56 bits per heavy atom. The van der Waals surface area contributed by atoms with Crippen molar-refractivity contribution >= 4 is 11.6 Å². The average Bonchev–Trinajstić information content (AvgIpc) is 2.79. The van der Waals surface area contributed by atoms with E-state index in [-0.39, 0.29) is 47.3 Å². The van der Waals surface area contributed by atoms with Crippen LogP contribution >= 0.6 is 0 Å². The maximum atomic E-state index is 14.3. The van der Waals surface area contributed by atoms with Crippen LogP contribution in [0.1, 0.15) is 11.1 Å². The molecule has 3 N–H and O–H groups in total. The molecule has 0 spiro atoms. The first-order valence-electron chi connectivity index (χ1n) is 9.55. The molecule has 170 valence electrons. The molecular weight excluding hydrogens is 426 g/mol. The summed E-state index contributed by atoms with van der Waals surface area (Å²) in [5.41, 5.74) is -0.0177. The summed E-state index contributed by atoms with van der Waals surface area (Å²) in [5, 5.41) is 21.2. The Morgan fingerprint density at radius 2 is 1.94 bits per heavy atom. The average molecular weight is 448 g/mol. The molecule has 3 rings (SSSR count). The van der Waals surface area contributed by atoms with Gasteiger partial charge in [0.2, 0.25) is 5.95 Å². The van der Waals surface area contributed by atoms with E-state index in [2.05, 4.69) is 15.3 Å². The molecule has 1 atom stereocenters. The summed E-state index contributed by atoms with van der Waals surface area (Å²) in [6, 6.07) is 4.13. The molecule has 0 fully saturated rings. The second-order valence-electron chi connectivity index (χ2n) is 6.90. The molecular formula is C21H22F2N4O5. The van der Waals surface area contributed by atoms with Gasteiger partial charge in [0.15, 0.2) is 17.3 Å². The van der Waals surface area contributed by atoms with Gasteiger partial charge in [0, 0.05) is 18.0 Å². The van der Waals surface area contributed by atoms with Gasteiger partial charge in [0.25, 0.3) is 5.56 Å². The van der Waals surface area contributed by atoms with Crippen molar-refractivity contribution in [2.24, 2.45) is 0 Å². The number of halogens is 2. The van der Waals surface area contributed by atoms with Crippen molar-refractivity contribution in [1.82, 2.24) is 14.5 Å². The van der Waals surface area contributed by atoms with Gasteiger partial charge in [-0.25, -0.2) is 18.7 Å². The fraction of sp³-hybridized carbons (Fsp3) is 0.286. The number of aryl methyl sites for hydroxylation is 1. The highest BCUT2D eigenvalue weighted by Gasteiger charge is 2.18. The van der Waals surface area contributed by atoms with Crippen molar-refractivity contribution < 1.29 is 28.5 Å². The van der Waals surface area contributed by atoms with Crippen LogP contribution in [0, 0.1) is 18.6 Å². The SMILES string of the molecule is COc1cc(C)c(F)c(COc2cnc(Nc3ccn(C[C@H](O)CO)c(=O)c3)nc2)c1F. The fourth-order valence-corrected chi connectivity index (χ4v) is 2.84. The van der Waals surface area contributed by atoms with Crippen LogP contribution in [-0.2, 0) is 13.2 Å². The van der Waals surface area contributed by atoms with Gasteiger partial charge in [-0.2, -0.15) is 0 Å². The summed E-state index contributed by atoms with van der Waals surface area (Å²) in [6.45, 7) is 0.624. The van der Waals surface area contributed by atoms with E-state index in [1.54, 1.807) is 6.07 Å². The van der Waals surface area contributed by atoms with E-state index in [4.69, 9.17) is 14.6 Å². The molecule has 1 aromatic carbocycles. The van der Waals surface area contributed by atoms with Gasteiger partial charge >= 0.3 is 0 Å². The maximum absolute atomic E-state index is 14.3. The second-order valence-corrected chi connectivity index (χ2v) is 6.90. The van der Waals surface area contributed by atoms with E-state index in [1.807, 2.05) is 0 Å². The number of hydrogen-bond acceptors (Lipinski definition) is 8. The number of benzene rings is 1. The third-order valence-corrected chi connectivity index (χ3v) is 4.54. The minimum Gasteiger partial charge on any atom is -0.494 e. The molecule has 32 heavy (non-hydrogen) atoms. The lowest BCUT2D eigenvalue weighted by atomic mass is 10.1. The minimum absolute atomic E-state index is 0.0356. The Hall–Kier alpha value is -3.57. The topological polar surface area (TPSA) is 119 Å². The molecule has 0 saturated heterocycles. The third kappa shape index (κ3) is 5.37. The summed E-state index contributed by atoms with van der Waals surface area (Å²) in [6.07, 6.45) is 3.05. The van der Waals surface area contributed by atoms with Gasteiger partial charge < -0.3 is 29.6 Å². The van der Waals surface area contributed by atoms with Crippen LogP contribution in [-0.4, -0.2) is 44.6 Å². The summed E-state index contributed by atoms with van der Waals surface area (Å²) in [7, 11) is 1.29. The van der Waals surface area contributed by atoms with Gasteiger partial charge in [0.1, 0.15) is 12.4 Å². The molecule has 0 bridgehead atoms. The highest BCUT2D eigenvalue weighted by atomic mass is 19.1. The van der Waals surface area contributed by atoms with Crippen LogP contribution < -0.4 is 20.3 Å². The number of nitrogens with one attached hydrogen (secondary N) is 1. The lowest BCUT2D eigenvalue weighted by molar-refractivity contribution is 0.0804. The number of aromatic nitrogens is 3. The minimum atomic E-state index is -1.04. The highest BCUT2D eigenvalue weighted by molar-refractivity contribution is 5.51. The molecule has 0 amide bonds. The van der Waals surface area contributed by atoms with E-state index < -0.39 is 24.3 Å². The Bertz CT molecular complexity index is 1140. The number of pyridine rings is 1. The molecule has 9 nitrogen and oxygen atoms in total. The number of methoxy groups -OCH3 is 1. The van der Waals surface area contributed by atoms with Crippen molar-refractivity contribution in [1.29, 1.82) is 0 Å².